The fourth-order valence-electron chi connectivity index (χ4n) is 1.83. The molecule has 1 saturated carbocycles. The number of sulfonamides is 1. The molecule has 1 fully saturated rings. The van der Waals surface area contributed by atoms with Crippen LogP contribution in [-0.2, 0) is 24.3 Å². The minimum absolute atomic E-state index is 0.0722. The van der Waals surface area contributed by atoms with Crippen molar-refractivity contribution in [3.05, 3.63) is 24.3 Å². The lowest BCUT2D eigenvalue weighted by Crippen LogP contribution is -2.30. The van der Waals surface area contributed by atoms with Crippen LogP contribution in [0.1, 0.15) is 19.8 Å². The zero-order valence-electron chi connectivity index (χ0n) is 13.3. The molecule has 126 valence electrons. The number of nitrogens with one attached hydrogen (secondary N) is 1. The van der Waals surface area contributed by atoms with Gasteiger partial charge in [-0.25, -0.2) is 12.7 Å². The van der Waals surface area contributed by atoms with E-state index in [0.717, 1.165) is 17.1 Å². The first-order chi connectivity index (χ1) is 10.7. The van der Waals surface area contributed by atoms with Gasteiger partial charge in [-0.3, -0.25) is 9.59 Å². The van der Waals surface area contributed by atoms with Gasteiger partial charge in [0, 0.05) is 19.8 Å². The first-order valence-corrected chi connectivity index (χ1v) is 8.70. The van der Waals surface area contributed by atoms with Crippen LogP contribution in [-0.4, -0.2) is 44.8 Å². The van der Waals surface area contributed by atoms with Crippen LogP contribution >= 0.6 is 0 Å². The number of hydrogen-bond acceptors (Lipinski definition) is 5. The number of carbonyl (C=O) groups is 2. The molecule has 1 aromatic rings. The van der Waals surface area contributed by atoms with Crippen molar-refractivity contribution in [3.8, 4) is 0 Å². The number of ether oxygens (including phenoxy) is 1. The van der Waals surface area contributed by atoms with Crippen LogP contribution in [0.25, 0.3) is 0 Å². The van der Waals surface area contributed by atoms with Crippen LogP contribution in [0, 0.1) is 5.92 Å². The molecule has 0 unspecified atom stereocenters. The summed E-state index contributed by atoms with van der Waals surface area (Å²) in [7, 11) is -0.720. The third-order valence-electron chi connectivity index (χ3n) is 3.45. The van der Waals surface area contributed by atoms with E-state index in [1.54, 1.807) is 6.07 Å². The predicted molar refractivity (Wildman–Crippen MR) is 84.2 cm³/mol. The van der Waals surface area contributed by atoms with Crippen molar-refractivity contribution in [2.45, 2.75) is 30.8 Å². The van der Waals surface area contributed by atoms with E-state index in [2.05, 4.69) is 5.32 Å². The molecular weight excluding hydrogens is 320 g/mol. The summed E-state index contributed by atoms with van der Waals surface area (Å²) in [5.74, 6) is -0.950. The van der Waals surface area contributed by atoms with Crippen LogP contribution in [0.15, 0.2) is 29.2 Å². The molecule has 1 amide bonds. The van der Waals surface area contributed by atoms with Crippen molar-refractivity contribution in [1.82, 2.24) is 4.31 Å². The molecule has 1 aromatic carbocycles. The fraction of sp³-hybridized carbons (Fsp3) is 0.467. The molecule has 1 aliphatic rings. The highest BCUT2D eigenvalue weighted by Gasteiger charge is 2.33. The SMILES string of the molecule is C[C@H](OC(=O)C1CC1)C(=O)Nc1cccc(S(=O)(=O)N(C)C)c1. The Morgan fingerprint density at radius 2 is 1.96 bits per heavy atom. The van der Waals surface area contributed by atoms with Gasteiger partial charge >= 0.3 is 5.97 Å². The van der Waals surface area contributed by atoms with Crippen molar-refractivity contribution < 1.29 is 22.7 Å². The van der Waals surface area contributed by atoms with E-state index in [1.807, 2.05) is 0 Å². The minimum atomic E-state index is -3.58. The molecule has 0 radical (unpaired) electrons. The van der Waals surface area contributed by atoms with Gasteiger partial charge in [0.2, 0.25) is 10.0 Å². The summed E-state index contributed by atoms with van der Waals surface area (Å²) < 4.78 is 30.3. The second-order valence-electron chi connectivity index (χ2n) is 5.66. The second-order valence-corrected chi connectivity index (χ2v) is 7.81. The molecule has 0 heterocycles. The van der Waals surface area contributed by atoms with Gasteiger partial charge in [-0.15, -0.1) is 0 Å². The van der Waals surface area contributed by atoms with Gasteiger partial charge in [0.25, 0.3) is 5.91 Å². The van der Waals surface area contributed by atoms with Crippen LogP contribution in [0.5, 0.6) is 0 Å². The number of hydrogen-bond donors (Lipinski definition) is 1. The first kappa shape index (κ1) is 17.4. The van der Waals surface area contributed by atoms with Crippen LogP contribution < -0.4 is 5.32 Å². The highest BCUT2D eigenvalue weighted by Crippen LogP contribution is 2.30. The number of benzene rings is 1. The van der Waals surface area contributed by atoms with Gasteiger partial charge in [-0.1, -0.05) is 6.07 Å². The number of amides is 1. The van der Waals surface area contributed by atoms with Gasteiger partial charge in [-0.05, 0) is 38.0 Å². The minimum Gasteiger partial charge on any atom is -0.452 e. The van der Waals surface area contributed by atoms with E-state index in [1.165, 1.54) is 39.2 Å². The van der Waals surface area contributed by atoms with Crippen molar-refractivity contribution in [2.24, 2.45) is 5.92 Å². The maximum Gasteiger partial charge on any atom is 0.309 e. The van der Waals surface area contributed by atoms with E-state index in [0.29, 0.717) is 5.69 Å². The van der Waals surface area contributed by atoms with E-state index >= 15 is 0 Å². The summed E-state index contributed by atoms with van der Waals surface area (Å²) in [5.41, 5.74) is 0.326. The summed E-state index contributed by atoms with van der Waals surface area (Å²) >= 11 is 0. The van der Waals surface area contributed by atoms with E-state index in [4.69, 9.17) is 4.74 Å². The van der Waals surface area contributed by atoms with Crippen molar-refractivity contribution in [3.63, 3.8) is 0 Å². The smallest absolute Gasteiger partial charge is 0.309 e. The molecule has 7 nitrogen and oxygen atoms in total. The normalized spacial score (nSPS) is 16.0. The van der Waals surface area contributed by atoms with Crippen molar-refractivity contribution >= 4 is 27.6 Å². The zero-order chi connectivity index (χ0) is 17.2. The lowest BCUT2D eigenvalue weighted by molar-refractivity contribution is -0.154. The number of esters is 1. The second kappa shape index (κ2) is 6.67. The number of rotatable bonds is 6. The molecule has 1 aliphatic carbocycles. The molecule has 1 N–H and O–H groups in total. The first-order valence-electron chi connectivity index (χ1n) is 7.26. The molecule has 0 bridgehead atoms. The number of nitrogens with zero attached hydrogens (tertiary/aromatic N) is 1. The molecule has 0 aliphatic heterocycles. The molecule has 0 aromatic heterocycles. The van der Waals surface area contributed by atoms with E-state index < -0.39 is 22.0 Å². The van der Waals surface area contributed by atoms with Gasteiger partial charge in [-0.2, -0.15) is 0 Å². The topological polar surface area (TPSA) is 92.8 Å². The molecule has 8 heteroatoms. The molecule has 0 spiro atoms. The number of carbonyl (C=O) groups excluding carboxylic acids is 2. The van der Waals surface area contributed by atoms with Gasteiger partial charge in [0.1, 0.15) is 0 Å². The molecule has 2 rings (SSSR count). The summed E-state index contributed by atoms with van der Waals surface area (Å²) in [5, 5.41) is 2.56. The van der Waals surface area contributed by atoms with Crippen molar-refractivity contribution in [1.29, 1.82) is 0 Å². The number of anilines is 1. The van der Waals surface area contributed by atoms with Crippen molar-refractivity contribution in [2.75, 3.05) is 19.4 Å². The Morgan fingerprint density at radius 3 is 2.52 bits per heavy atom. The highest BCUT2D eigenvalue weighted by molar-refractivity contribution is 7.89. The van der Waals surface area contributed by atoms with E-state index in [-0.39, 0.29) is 16.8 Å². The zero-order valence-corrected chi connectivity index (χ0v) is 14.1. The standard InChI is InChI=1S/C15H20N2O5S/c1-10(22-15(19)11-7-8-11)14(18)16-12-5-4-6-13(9-12)23(20,21)17(2)3/h4-6,9-11H,7-8H2,1-3H3,(H,16,18)/t10-/m0/s1. The average molecular weight is 340 g/mol. The third kappa shape index (κ3) is 4.29. The van der Waals surface area contributed by atoms with Crippen LogP contribution in [0.3, 0.4) is 0 Å². The Labute approximate surface area is 135 Å². The Morgan fingerprint density at radius 1 is 1.30 bits per heavy atom. The highest BCUT2D eigenvalue weighted by atomic mass is 32.2. The van der Waals surface area contributed by atoms with Crippen LogP contribution in [0.2, 0.25) is 0 Å². The Hall–Kier alpha value is -1.93. The lowest BCUT2D eigenvalue weighted by atomic mass is 10.3. The lowest BCUT2D eigenvalue weighted by Gasteiger charge is -2.15. The largest absolute Gasteiger partial charge is 0.452 e. The monoisotopic (exact) mass is 340 g/mol. The summed E-state index contributed by atoms with van der Waals surface area (Å²) in [6.07, 6.45) is 0.673. The quantitative estimate of drug-likeness (QED) is 0.786. The van der Waals surface area contributed by atoms with Gasteiger partial charge in [0.05, 0.1) is 10.8 Å². The maximum atomic E-state index is 12.1. The Bertz CT molecular complexity index is 710. The summed E-state index contributed by atoms with van der Waals surface area (Å²) in [4.78, 5) is 23.7. The Balaban J connectivity index is 2.05. The molecule has 0 saturated heterocycles. The Kier molecular flexibility index (Phi) is 5.06. The third-order valence-corrected chi connectivity index (χ3v) is 5.26. The fourth-order valence-corrected chi connectivity index (χ4v) is 2.78. The predicted octanol–water partition coefficient (Wildman–Crippen LogP) is 1.22. The van der Waals surface area contributed by atoms with Gasteiger partial charge < -0.3 is 10.1 Å². The summed E-state index contributed by atoms with van der Waals surface area (Å²) in [6.45, 7) is 1.48. The molecule has 1 atom stereocenters. The van der Waals surface area contributed by atoms with E-state index in [9.17, 15) is 18.0 Å². The van der Waals surface area contributed by atoms with Crippen LogP contribution in [0.4, 0.5) is 5.69 Å². The summed E-state index contributed by atoms with van der Waals surface area (Å²) in [6, 6.07) is 5.92. The maximum absolute atomic E-state index is 12.1. The molecule has 23 heavy (non-hydrogen) atoms. The van der Waals surface area contributed by atoms with Gasteiger partial charge in [0.15, 0.2) is 6.10 Å². The average Bonchev–Trinajstić information content (AvgIpc) is 3.31. The molecular formula is C15H20N2O5S.